The molecule has 0 spiro atoms. The van der Waals surface area contributed by atoms with Gasteiger partial charge in [0.1, 0.15) is 5.82 Å². The van der Waals surface area contributed by atoms with E-state index in [1.807, 2.05) is 0 Å². The van der Waals surface area contributed by atoms with Crippen molar-refractivity contribution in [2.75, 3.05) is 0 Å². The third-order valence-electron chi connectivity index (χ3n) is 1.51. The third kappa shape index (κ3) is 2.50. The van der Waals surface area contributed by atoms with E-state index < -0.39 is 26.9 Å². The number of aliphatic hydroxyl groups is 1. The predicted molar refractivity (Wildman–Crippen MR) is 50.6 cm³/mol. The lowest BCUT2D eigenvalue weighted by atomic mass is 10.2. The van der Waals surface area contributed by atoms with Crippen molar-refractivity contribution in [3.8, 4) is 0 Å². The Morgan fingerprint density at radius 3 is 2.50 bits per heavy atom. The van der Waals surface area contributed by atoms with Crippen LogP contribution >= 0.6 is 15.9 Å². The fraction of sp³-hybridized carbons (Fsp3) is 0.143. The summed E-state index contributed by atoms with van der Waals surface area (Å²) in [7, 11) is -4.70. The fourth-order valence-electron chi connectivity index (χ4n) is 0.864. The van der Waals surface area contributed by atoms with Crippen LogP contribution in [-0.4, -0.2) is 18.1 Å². The fourth-order valence-corrected chi connectivity index (χ4v) is 1.74. The zero-order valence-corrected chi connectivity index (χ0v) is 9.09. The Balaban J connectivity index is 3.26. The Morgan fingerprint density at radius 2 is 2.00 bits per heavy atom. The standard InChI is InChI=1S/C7H6BrFO4S/c8-4-1-2-6(9)5(3-4)7(10)14(11,12)13/h1-3,7,10H,(H,11,12,13). The lowest BCUT2D eigenvalue weighted by Gasteiger charge is -2.08. The van der Waals surface area contributed by atoms with Crippen molar-refractivity contribution >= 4 is 26.0 Å². The summed E-state index contributed by atoms with van der Waals surface area (Å²) in [6, 6.07) is 3.40. The van der Waals surface area contributed by atoms with E-state index >= 15 is 0 Å². The quantitative estimate of drug-likeness (QED) is 0.807. The molecule has 0 heterocycles. The predicted octanol–water partition coefficient (Wildman–Crippen LogP) is 1.47. The van der Waals surface area contributed by atoms with Crippen LogP contribution in [0.3, 0.4) is 0 Å². The Labute approximate surface area is 88.3 Å². The van der Waals surface area contributed by atoms with Crippen molar-refractivity contribution in [2.45, 2.75) is 5.44 Å². The first-order valence-electron chi connectivity index (χ1n) is 3.41. The Hall–Kier alpha value is -0.500. The molecule has 1 aromatic rings. The molecule has 1 aromatic carbocycles. The van der Waals surface area contributed by atoms with Gasteiger partial charge in [-0.25, -0.2) is 4.39 Å². The van der Waals surface area contributed by atoms with Gasteiger partial charge in [-0.05, 0) is 18.2 Å². The summed E-state index contributed by atoms with van der Waals surface area (Å²) in [6.07, 6.45) is 0. The Morgan fingerprint density at radius 1 is 1.43 bits per heavy atom. The Kier molecular flexibility index (Phi) is 3.25. The summed E-state index contributed by atoms with van der Waals surface area (Å²) in [5.41, 5.74) is -2.76. The average Bonchev–Trinajstić information content (AvgIpc) is 2.06. The molecular formula is C7H6BrFO4S. The molecule has 0 aromatic heterocycles. The van der Waals surface area contributed by atoms with Crippen molar-refractivity contribution in [1.29, 1.82) is 0 Å². The summed E-state index contributed by atoms with van der Waals surface area (Å²) in [6.45, 7) is 0. The molecule has 0 saturated carbocycles. The highest BCUT2D eigenvalue weighted by Gasteiger charge is 2.25. The van der Waals surface area contributed by atoms with E-state index in [4.69, 9.17) is 9.66 Å². The molecule has 0 saturated heterocycles. The van der Waals surface area contributed by atoms with Gasteiger partial charge in [-0.15, -0.1) is 0 Å². The topological polar surface area (TPSA) is 74.6 Å². The van der Waals surface area contributed by atoms with E-state index in [-0.39, 0.29) is 0 Å². The largest absolute Gasteiger partial charge is 0.371 e. The second-order valence-electron chi connectivity index (χ2n) is 2.53. The maximum Gasteiger partial charge on any atom is 0.296 e. The van der Waals surface area contributed by atoms with Gasteiger partial charge in [-0.2, -0.15) is 8.42 Å². The van der Waals surface area contributed by atoms with Crippen LogP contribution in [0.1, 0.15) is 11.0 Å². The molecule has 0 amide bonds. The zero-order valence-electron chi connectivity index (χ0n) is 6.68. The van der Waals surface area contributed by atoms with Crippen molar-refractivity contribution in [3.63, 3.8) is 0 Å². The number of halogens is 2. The van der Waals surface area contributed by atoms with Crippen LogP contribution in [0, 0.1) is 5.82 Å². The number of benzene rings is 1. The van der Waals surface area contributed by atoms with Crippen LogP contribution in [0.4, 0.5) is 4.39 Å². The summed E-state index contributed by atoms with van der Waals surface area (Å²) in [5, 5.41) is 9.06. The van der Waals surface area contributed by atoms with Gasteiger partial charge in [0.25, 0.3) is 10.1 Å². The van der Waals surface area contributed by atoms with Crippen LogP contribution in [0.15, 0.2) is 22.7 Å². The van der Waals surface area contributed by atoms with Gasteiger partial charge in [0.05, 0.1) is 0 Å². The molecule has 7 heteroatoms. The van der Waals surface area contributed by atoms with E-state index in [2.05, 4.69) is 15.9 Å². The maximum absolute atomic E-state index is 13.0. The molecule has 0 aliphatic heterocycles. The molecular weight excluding hydrogens is 279 g/mol. The SMILES string of the molecule is O=S(=O)(O)C(O)c1cc(Br)ccc1F. The lowest BCUT2D eigenvalue weighted by molar-refractivity contribution is 0.233. The van der Waals surface area contributed by atoms with Crippen molar-refractivity contribution in [1.82, 2.24) is 0 Å². The second kappa shape index (κ2) is 3.93. The zero-order chi connectivity index (χ0) is 10.9. The normalized spacial score (nSPS) is 14.0. The highest BCUT2D eigenvalue weighted by atomic mass is 79.9. The van der Waals surface area contributed by atoms with Gasteiger partial charge < -0.3 is 5.11 Å². The molecule has 2 N–H and O–H groups in total. The van der Waals surface area contributed by atoms with E-state index in [0.29, 0.717) is 4.47 Å². The van der Waals surface area contributed by atoms with E-state index in [1.165, 1.54) is 6.07 Å². The summed E-state index contributed by atoms with van der Waals surface area (Å²) in [4.78, 5) is 0. The van der Waals surface area contributed by atoms with Gasteiger partial charge in [-0.1, -0.05) is 15.9 Å². The molecule has 0 fully saturated rings. The molecule has 1 atom stereocenters. The highest BCUT2D eigenvalue weighted by molar-refractivity contribution is 9.10. The van der Waals surface area contributed by atoms with Crippen molar-refractivity contribution < 1.29 is 22.5 Å². The number of hydrogen-bond donors (Lipinski definition) is 2. The van der Waals surface area contributed by atoms with Crippen LogP contribution in [-0.2, 0) is 10.1 Å². The molecule has 4 nitrogen and oxygen atoms in total. The minimum Gasteiger partial charge on any atom is -0.371 e. The van der Waals surface area contributed by atoms with Crippen molar-refractivity contribution in [2.24, 2.45) is 0 Å². The van der Waals surface area contributed by atoms with Gasteiger partial charge in [-0.3, -0.25) is 4.55 Å². The van der Waals surface area contributed by atoms with Crippen LogP contribution in [0.25, 0.3) is 0 Å². The first kappa shape index (κ1) is 11.6. The summed E-state index contributed by atoms with van der Waals surface area (Å²) < 4.78 is 42.9. The van der Waals surface area contributed by atoms with Crippen LogP contribution < -0.4 is 0 Å². The molecule has 14 heavy (non-hydrogen) atoms. The van der Waals surface area contributed by atoms with E-state index in [9.17, 15) is 12.8 Å². The third-order valence-corrected chi connectivity index (χ3v) is 2.82. The minimum atomic E-state index is -4.70. The van der Waals surface area contributed by atoms with Gasteiger partial charge in [0.2, 0.25) is 5.44 Å². The molecule has 0 aliphatic carbocycles. The van der Waals surface area contributed by atoms with E-state index in [0.717, 1.165) is 12.1 Å². The minimum absolute atomic E-state index is 0.400. The lowest BCUT2D eigenvalue weighted by Crippen LogP contribution is -2.12. The number of hydrogen-bond acceptors (Lipinski definition) is 3. The maximum atomic E-state index is 13.0. The van der Waals surface area contributed by atoms with Gasteiger partial charge >= 0.3 is 0 Å². The molecule has 1 unspecified atom stereocenters. The monoisotopic (exact) mass is 284 g/mol. The van der Waals surface area contributed by atoms with Crippen LogP contribution in [0.5, 0.6) is 0 Å². The molecule has 1 rings (SSSR count). The first-order valence-corrected chi connectivity index (χ1v) is 5.71. The van der Waals surface area contributed by atoms with Crippen LogP contribution in [0.2, 0.25) is 0 Å². The second-order valence-corrected chi connectivity index (χ2v) is 4.93. The molecule has 78 valence electrons. The van der Waals surface area contributed by atoms with Gasteiger partial charge in [0.15, 0.2) is 0 Å². The van der Waals surface area contributed by atoms with Crippen molar-refractivity contribution in [3.05, 3.63) is 34.1 Å². The Bertz CT molecular complexity index is 445. The molecule has 0 radical (unpaired) electrons. The highest BCUT2D eigenvalue weighted by Crippen LogP contribution is 2.24. The number of aliphatic hydroxyl groups excluding tert-OH is 1. The summed E-state index contributed by atoms with van der Waals surface area (Å²) in [5.74, 6) is -0.904. The molecule has 0 bridgehead atoms. The van der Waals surface area contributed by atoms with Gasteiger partial charge in [0, 0.05) is 10.0 Å². The average molecular weight is 285 g/mol. The number of rotatable bonds is 2. The smallest absolute Gasteiger partial charge is 0.296 e. The first-order chi connectivity index (χ1) is 6.32. The summed E-state index contributed by atoms with van der Waals surface area (Å²) >= 11 is 2.98. The molecule has 0 aliphatic rings. The van der Waals surface area contributed by atoms with E-state index in [1.54, 1.807) is 0 Å².